The number of fused-ring (bicyclic) bond motifs is 2. The second kappa shape index (κ2) is 8.29. The third kappa shape index (κ3) is 3.54. The summed E-state index contributed by atoms with van der Waals surface area (Å²) in [6, 6.07) is 18.5. The molecule has 1 spiro atoms. The van der Waals surface area contributed by atoms with Crippen molar-refractivity contribution in [1.29, 1.82) is 0 Å². The zero-order chi connectivity index (χ0) is 24.0. The van der Waals surface area contributed by atoms with Gasteiger partial charge in [-0.05, 0) is 56.3 Å². The van der Waals surface area contributed by atoms with Crippen molar-refractivity contribution >= 4 is 46.5 Å². The number of thioether (sulfide) groups is 1. The molecule has 1 saturated heterocycles. The third-order valence-electron chi connectivity index (χ3n) is 6.03. The van der Waals surface area contributed by atoms with Crippen LogP contribution in [0, 0.1) is 19.7 Å². The van der Waals surface area contributed by atoms with Crippen LogP contribution in [0.4, 0.5) is 21.5 Å². The molecular formula is C26H22FN3O3S. The van der Waals surface area contributed by atoms with Crippen molar-refractivity contribution in [2.24, 2.45) is 0 Å². The number of nitrogens with one attached hydrogen (secondary N) is 1. The van der Waals surface area contributed by atoms with Gasteiger partial charge < -0.3 is 5.32 Å². The van der Waals surface area contributed by atoms with Gasteiger partial charge in [0.05, 0.1) is 11.4 Å². The van der Waals surface area contributed by atoms with E-state index in [4.69, 9.17) is 0 Å². The van der Waals surface area contributed by atoms with Crippen molar-refractivity contribution in [2.45, 2.75) is 18.7 Å². The van der Waals surface area contributed by atoms with E-state index in [1.807, 2.05) is 44.2 Å². The highest BCUT2D eigenvalue weighted by Crippen LogP contribution is 2.55. The van der Waals surface area contributed by atoms with Crippen LogP contribution in [0.3, 0.4) is 0 Å². The molecule has 2 heterocycles. The first kappa shape index (κ1) is 22.2. The largest absolute Gasteiger partial charge is 0.325 e. The average molecular weight is 476 g/mol. The molecule has 3 aromatic carbocycles. The van der Waals surface area contributed by atoms with Gasteiger partial charge in [0.2, 0.25) is 16.7 Å². The number of carbonyl (C=O) groups excluding carboxylic acids is 3. The molecule has 5 rings (SSSR count). The van der Waals surface area contributed by atoms with Gasteiger partial charge in [-0.3, -0.25) is 24.2 Å². The number of anilines is 3. The molecule has 0 bridgehead atoms. The van der Waals surface area contributed by atoms with Crippen LogP contribution in [-0.4, -0.2) is 30.0 Å². The highest BCUT2D eigenvalue weighted by atomic mass is 32.2. The fourth-order valence-electron chi connectivity index (χ4n) is 4.44. The quantitative estimate of drug-likeness (QED) is 0.609. The molecule has 3 aromatic rings. The number of carbonyl (C=O) groups is 3. The zero-order valence-electron chi connectivity index (χ0n) is 18.7. The number of amides is 3. The second-order valence-electron chi connectivity index (χ2n) is 8.46. The van der Waals surface area contributed by atoms with Crippen molar-refractivity contribution in [1.82, 2.24) is 0 Å². The van der Waals surface area contributed by atoms with Crippen LogP contribution in [0.25, 0.3) is 0 Å². The fourth-order valence-corrected chi connectivity index (χ4v) is 5.80. The first-order chi connectivity index (χ1) is 16.3. The smallest absolute Gasteiger partial charge is 0.269 e. The Labute approximate surface area is 200 Å². The molecule has 6 nitrogen and oxygen atoms in total. The van der Waals surface area contributed by atoms with Gasteiger partial charge in [-0.25, -0.2) is 4.39 Å². The molecule has 8 heteroatoms. The van der Waals surface area contributed by atoms with Gasteiger partial charge in [0.15, 0.2) is 0 Å². The van der Waals surface area contributed by atoms with E-state index in [1.165, 1.54) is 45.8 Å². The lowest BCUT2D eigenvalue weighted by Gasteiger charge is -2.33. The Morgan fingerprint density at radius 1 is 1.00 bits per heavy atom. The Bertz CT molecular complexity index is 1310. The van der Waals surface area contributed by atoms with E-state index in [-0.39, 0.29) is 30.0 Å². The summed E-state index contributed by atoms with van der Waals surface area (Å²) in [7, 11) is 0. The maximum absolute atomic E-state index is 14.0. The Morgan fingerprint density at radius 2 is 1.68 bits per heavy atom. The predicted molar refractivity (Wildman–Crippen MR) is 131 cm³/mol. The summed E-state index contributed by atoms with van der Waals surface area (Å²) in [6.45, 7) is 3.67. The van der Waals surface area contributed by atoms with Gasteiger partial charge >= 0.3 is 0 Å². The highest BCUT2D eigenvalue weighted by Gasteiger charge is 2.61. The second-order valence-corrected chi connectivity index (χ2v) is 9.63. The first-order valence-corrected chi connectivity index (χ1v) is 11.8. The maximum atomic E-state index is 14.0. The molecule has 0 radical (unpaired) electrons. The Morgan fingerprint density at radius 3 is 2.38 bits per heavy atom. The average Bonchev–Trinajstić information content (AvgIpc) is 3.27. The normalized spacial score (nSPS) is 19.1. The Kier molecular flexibility index (Phi) is 5.40. The predicted octanol–water partition coefficient (Wildman–Crippen LogP) is 4.36. The monoisotopic (exact) mass is 475 g/mol. The number of aryl methyl sites for hydroxylation is 2. The van der Waals surface area contributed by atoms with Crippen LogP contribution in [0.2, 0.25) is 0 Å². The van der Waals surface area contributed by atoms with Crippen molar-refractivity contribution in [2.75, 3.05) is 27.4 Å². The fraction of sp³-hybridized carbons (Fsp3) is 0.192. The number of halogens is 1. The molecule has 34 heavy (non-hydrogen) atoms. The molecule has 3 amide bonds. The number of hydrogen-bond donors (Lipinski definition) is 1. The van der Waals surface area contributed by atoms with Gasteiger partial charge in [0.1, 0.15) is 12.4 Å². The molecule has 2 aliphatic rings. The minimum absolute atomic E-state index is 0.0971. The summed E-state index contributed by atoms with van der Waals surface area (Å²) in [6.07, 6.45) is 0. The topological polar surface area (TPSA) is 69.7 Å². The minimum Gasteiger partial charge on any atom is -0.325 e. The molecule has 1 fully saturated rings. The summed E-state index contributed by atoms with van der Waals surface area (Å²) >= 11 is 1.22. The summed E-state index contributed by atoms with van der Waals surface area (Å²) in [5.41, 5.74) is 4.31. The van der Waals surface area contributed by atoms with Crippen LogP contribution in [-0.2, 0) is 19.3 Å². The molecule has 2 aliphatic heterocycles. The van der Waals surface area contributed by atoms with Crippen LogP contribution < -0.4 is 15.1 Å². The minimum atomic E-state index is -1.35. The molecule has 172 valence electrons. The van der Waals surface area contributed by atoms with E-state index < -0.39 is 10.7 Å². The number of rotatable bonds is 4. The van der Waals surface area contributed by atoms with Crippen molar-refractivity contribution in [3.63, 3.8) is 0 Å². The zero-order valence-corrected chi connectivity index (χ0v) is 19.5. The Balaban J connectivity index is 1.53. The lowest BCUT2D eigenvalue weighted by molar-refractivity contribution is -0.124. The number of benzene rings is 3. The van der Waals surface area contributed by atoms with E-state index in [9.17, 15) is 18.8 Å². The first-order valence-electron chi connectivity index (χ1n) is 10.8. The van der Waals surface area contributed by atoms with Gasteiger partial charge in [-0.15, -0.1) is 11.8 Å². The van der Waals surface area contributed by atoms with Gasteiger partial charge in [-0.2, -0.15) is 0 Å². The van der Waals surface area contributed by atoms with Crippen LogP contribution in [0.5, 0.6) is 0 Å². The standard InChI is InChI=1S/C26H22FN3O3S/c1-16-3-8-19(9-4-16)28-23(31)14-29-22-12-5-17(2)13-21(22)26(25(29)33)30(24(32)15-34-26)20-10-6-18(27)7-11-20/h3-13H,14-15H2,1-2H3,(H,28,31)/t26-/m1/s1. The van der Waals surface area contributed by atoms with Crippen LogP contribution in [0.1, 0.15) is 16.7 Å². The Hall–Kier alpha value is -3.65. The summed E-state index contributed by atoms with van der Waals surface area (Å²) in [5, 5.41) is 2.83. The SMILES string of the molecule is Cc1ccc(NC(=O)CN2C(=O)[C@]3(SCC(=O)N3c3ccc(F)cc3)c3cc(C)ccc32)cc1. The van der Waals surface area contributed by atoms with Gasteiger partial charge in [0, 0.05) is 16.9 Å². The van der Waals surface area contributed by atoms with E-state index in [0.29, 0.717) is 22.6 Å². The lowest BCUT2D eigenvalue weighted by Crippen LogP contribution is -2.50. The number of hydrogen-bond acceptors (Lipinski definition) is 4. The summed E-state index contributed by atoms with van der Waals surface area (Å²) in [5.74, 6) is -1.29. The van der Waals surface area contributed by atoms with Crippen molar-refractivity contribution in [3.8, 4) is 0 Å². The van der Waals surface area contributed by atoms with Gasteiger partial charge in [0.25, 0.3) is 5.91 Å². The van der Waals surface area contributed by atoms with E-state index in [0.717, 1.165) is 11.1 Å². The molecule has 0 saturated carbocycles. The molecular weight excluding hydrogens is 453 g/mol. The van der Waals surface area contributed by atoms with E-state index in [2.05, 4.69) is 5.32 Å². The molecule has 0 unspecified atom stereocenters. The van der Waals surface area contributed by atoms with Crippen LogP contribution in [0.15, 0.2) is 66.7 Å². The lowest BCUT2D eigenvalue weighted by atomic mass is 10.0. The highest BCUT2D eigenvalue weighted by molar-refractivity contribution is 8.02. The van der Waals surface area contributed by atoms with E-state index >= 15 is 0 Å². The maximum Gasteiger partial charge on any atom is 0.269 e. The van der Waals surface area contributed by atoms with Gasteiger partial charge in [-0.1, -0.05) is 35.4 Å². The van der Waals surface area contributed by atoms with Crippen molar-refractivity contribution in [3.05, 3.63) is 89.2 Å². The summed E-state index contributed by atoms with van der Waals surface area (Å²) in [4.78, 5) is 41.4. The summed E-state index contributed by atoms with van der Waals surface area (Å²) < 4.78 is 13.6. The molecule has 0 aliphatic carbocycles. The third-order valence-corrected chi connectivity index (χ3v) is 7.42. The molecule has 1 atom stereocenters. The van der Waals surface area contributed by atoms with E-state index in [1.54, 1.807) is 12.1 Å². The molecule has 1 N–H and O–H groups in total. The van der Waals surface area contributed by atoms with Crippen molar-refractivity contribution < 1.29 is 18.8 Å². The van der Waals surface area contributed by atoms with Crippen LogP contribution >= 0.6 is 11.8 Å². The molecule has 0 aromatic heterocycles. The number of nitrogens with zero attached hydrogens (tertiary/aromatic N) is 2.